The van der Waals surface area contributed by atoms with E-state index in [1.54, 1.807) is 37.4 Å². The van der Waals surface area contributed by atoms with Crippen LogP contribution in [0.15, 0.2) is 34.7 Å². The van der Waals surface area contributed by atoms with Crippen LogP contribution in [0.25, 0.3) is 11.1 Å². The van der Waals surface area contributed by atoms with Gasteiger partial charge in [0, 0.05) is 13.1 Å². The summed E-state index contributed by atoms with van der Waals surface area (Å²) in [7, 11) is 1.54. The Labute approximate surface area is 135 Å². The van der Waals surface area contributed by atoms with Crippen LogP contribution in [0.5, 0.6) is 0 Å². The molecular weight excluding hydrogens is 327 g/mol. The van der Waals surface area contributed by atoms with Gasteiger partial charge in [-0.3, -0.25) is 10.1 Å². The molecule has 6 nitrogen and oxygen atoms in total. The van der Waals surface area contributed by atoms with Gasteiger partial charge in [0.1, 0.15) is 17.0 Å². The number of fused-ring (bicyclic) bond motifs is 1. The molecule has 0 atom stereocenters. The fraction of sp³-hybridized carbons (Fsp3) is 0.0714. The normalized spacial score (nSPS) is 10.7. The van der Waals surface area contributed by atoms with Gasteiger partial charge >= 0.3 is 6.01 Å². The third-order valence-electron chi connectivity index (χ3n) is 2.87. The van der Waals surface area contributed by atoms with Crippen molar-refractivity contribution in [1.29, 1.82) is 0 Å². The minimum Gasteiger partial charge on any atom is -0.423 e. The number of nitrogens with one attached hydrogen (secondary N) is 2. The fourth-order valence-corrected chi connectivity index (χ4v) is 2.16. The number of oxazole rings is 1. The van der Waals surface area contributed by atoms with Gasteiger partial charge in [-0.1, -0.05) is 29.3 Å². The molecule has 1 aromatic carbocycles. The fourth-order valence-electron chi connectivity index (χ4n) is 1.85. The first kappa shape index (κ1) is 14.6. The molecule has 0 aliphatic rings. The quantitative estimate of drug-likeness (QED) is 0.763. The lowest BCUT2D eigenvalue weighted by Gasteiger charge is -2.03. The highest BCUT2D eigenvalue weighted by Crippen LogP contribution is 2.29. The van der Waals surface area contributed by atoms with E-state index in [-0.39, 0.29) is 17.6 Å². The molecule has 3 rings (SSSR count). The summed E-state index contributed by atoms with van der Waals surface area (Å²) in [6.45, 7) is 0. The Morgan fingerprint density at radius 3 is 2.73 bits per heavy atom. The number of rotatable bonds is 3. The Hall–Kier alpha value is -2.31. The summed E-state index contributed by atoms with van der Waals surface area (Å²) in [5, 5.41) is 6.19. The predicted molar refractivity (Wildman–Crippen MR) is 84.9 cm³/mol. The molecule has 22 heavy (non-hydrogen) atoms. The number of pyridine rings is 1. The summed E-state index contributed by atoms with van der Waals surface area (Å²) >= 11 is 11.9. The van der Waals surface area contributed by atoms with E-state index in [9.17, 15) is 4.79 Å². The lowest BCUT2D eigenvalue weighted by atomic mass is 10.3. The van der Waals surface area contributed by atoms with E-state index in [0.29, 0.717) is 27.0 Å². The number of aromatic nitrogens is 2. The summed E-state index contributed by atoms with van der Waals surface area (Å²) < 4.78 is 5.53. The minimum atomic E-state index is -0.278. The second-order valence-corrected chi connectivity index (χ2v) is 5.18. The van der Waals surface area contributed by atoms with Crippen LogP contribution in [0.2, 0.25) is 10.0 Å². The highest BCUT2D eigenvalue weighted by molar-refractivity contribution is 6.42. The van der Waals surface area contributed by atoms with Crippen molar-refractivity contribution in [2.45, 2.75) is 0 Å². The smallest absolute Gasteiger partial charge is 0.301 e. The Bertz CT molecular complexity index is 824. The standard InChI is InChI=1S/C14H10Cl2N4O2/c1-17-13(21)9-3-2-4-12(18-9)20-14-19-10-5-7(15)8(16)6-11(10)22-14/h2-6H,1H3,(H,17,21)(H,18,19,20). The number of amides is 1. The zero-order chi connectivity index (χ0) is 15.7. The van der Waals surface area contributed by atoms with Crippen molar-refractivity contribution in [1.82, 2.24) is 15.3 Å². The van der Waals surface area contributed by atoms with E-state index < -0.39 is 0 Å². The number of hydrogen-bond donors (Lipinski definition) is 2. The Kier molecular flexibility index (Phi) is 3.87. The average molecular weight is 337 g/mol. The van der Waals surface area contributed by atoms with E-state index in [4.69, 9.17) is 27.6 Å². The highest BCUT2D eigenvalue weighted by Gasteiger charge is 2.11. The van der Waals surface area contributed by atoms with Crippen molar-refractivity contribution in [3.05, 3.63) is 46.1 Å². The number of nitrogens with zero attached hydrogens (tertiary/aromatic N) is 2. The Morgan fingerprint density at radius 2 is 1.95 bits per heavy atom. The molecule has 2 heterocycles. The van der Waals surface area contributed by atoms with Gasteiger partial charge in [0.25, 0.3) is 5.91 Å². The third-order valence-corrected chi connectivity index (χ3v) is 3.60. The molecule has 3 aromatic rings. The number of hydrogen-bond acceptors (Lipinski definition) is 5. The SMILES string of the molecule is CNC(=O)c1cccc(Nc2nc3cc(Cl)c(Cl)cc3o2)n1. The van der Waals surface area contributed by atoms with Crippen molar-refractivity contribution in [2.75, 3.05) is 12.4 Å². The summed E-state index contributed by atoms with van der Waals surface area (Å²) in [5.41, 5.74) is 1.36. The van der Waals surface area contributed by atoms with Gasteiger partial charge in [0.15, 0.2) is 5.58 Å². The first-order valence-electron chi connectivity index (χ1n) is 6.28. The van der Waals surface area contributed by atoms with E-state index in [1.165, 1.54) is 0 Å². The maximum Gasteiger partial charge on any atom is 0.301 e. The van der Waals surface area contributed by atoms with Crippen molar-refractivity contribution in [3.8, 4) is 0 Å². The van der Waals surface area contributed by atoms with Crippen molar-refractivity contribution in [3.63, 3.8) is 0 Å². The van der Waals surface area contributed by atoms with Crippen molar-refractivity contribution < 1.29 is 9.21 Å². The van der Waals surface area contributed by atoms with Crippen LogP contribution >= 0.6 is 23.2 Å². The number of carbonyl (C=O) groups is 1. The lowest BCUT2D eigenvalue weighted by molar-refractivity contribution is 0.0958. The molecule has 112 valence electrons. The Balaban J connectivity index is 1.91. The molecule has 0 fully saturated rings. The maximum absolute atomic E-state index is 11.6. The van der Waals surface area contributed by atoms with Crippen LogP contribution in [-0.4, -0.2) is 22.9 Å². The number of carbonyl (C=O) groups excluding carboxylic acids is 1. The van der Waals surface area contributed by atoms with Crippen molar-refractivity contribution >= 4 is 52.0 Å². The van der Waals surface area contributed by atoms with E-state index in [0.717, 1.165) is 0 Å². The molecule has 1 amide bonds. The molecule has 8 heteroatoms. The number of anilines is 2. The van der Waals surface area contributed by atoms with E-state index in [1.807, 2.05) is 0 Å². The van der Waals surface area contributed by atoms with Crippen LogP contribution in [0.3, 0.4) is 0 Å². The van der Waals surface area contributed by atoms with Crippen LogP contribution in [0.1, 0.15) is 10.5 Å². The molecule has 0 aliphatic carbocycles. The lowest BCUT2D eigenvalue weighted by Crippen LogP contribution is -2.19. The van der Waals surface area contributed by atoms with Gasteiger partial charge in [-0.05, 0) is 18.2 Å². The van der Waals surface area contributed by atoms with Gasteiger partial charge in [-0.2, -0.15) is 4.98 Å². The molecular formula is C14H10Cl2N4O2. The molecule has 2 aromatic heterocycles. The average Bonchev–Trinajstić information content (AvgIpc) is 2.88. The van der Waals surface area contributed by atoms with Crippen LogP contribution in [-0.2, 0) is 0 Å². The maximum atomic E-state index is 11.6. The van der Waals surface area contributed by atoms with E-state index in [2.05, 4.69) is 20.6 Å². The zero-order valence-corrected chi connectivity index (χ0v) is 12.9. The third kappa shape index (κ3) is 2.84. The van der Waals surface area contributed by atoms with Gasteiger partial charge in [0.2, 0.25) is 0 Å². The van der Waals surface area contributed by atoms with Gasteiger partial charge in [0.05, 0.1) is 10.0 Å². The van der Waals surface area contributed by atoms with Crippen LogP contribution in [0.4, 0.5) is 11.8 Å². The largest absolute Gasteiger partial charge is 0.423 e. The molecule has 0 spiro atoms. The highest BCUT2D eigenvalue weighted by atomic mass is 35.5. The van der Waals surface area contributed by atoms with Crippen LogP contribution < -0.4 is 10.6 Å². The first-order valence-corrected chi connectivity index (χ1v) is 7.04. The van der Waals surface area contributed by atoms with Gasteiger partial charge in [-0.25, -0.2) is 4.98 Å². The molecule has 0 unspecified atom stereocenters. The summed E-state index contributed by atoms with van der Waals surface area (Å²) in [6.07, 6.45) is 0. The molecule has 0 aliphatic heterocycles. The summed E-state index contributed by atoms with van der Waals surface area (Å²) in [6, 6.07) is 8.44. The predicted octanol–water partition coefficient (Wildman–Crippen LogP) is 3.63. The zero-order valence-electron chi connectivity index (χ0n) is 11.4. The topological polar surface area (TPSA) is 80.0 Å². The summed E-state index contributed by atoms with van der Waals surface area (Å²) in [4.78, 5) is 20.0. The molecule has 0 saturated carbocycles. The van der Waals surface area contributed by atoms with Crippen LogP contribution in [0, 0.1) is 0 Å². The molecule has 2 N–H and O–H groups in total. The monoisotopic (exact) mass is 336 g/mol. The second-order valence-electron chi connectivity index (χ2n) is 4.37. The molecule has 0 bridgehead atoms. The van der Waals surface area contributed by atoms with Gasteiger partial charge in [-0.15, -0.1) is 0 Å². The van der Waals surface area contributed by atoms with E-state index >= 15 is 0 Å². The molecule has 0 radical (unpaired) electrons. The van der Waals surface area contributed by atoms with Gasteiger partial charge < -0.3 is 9.73 Å². The summed E-state index contributed by atoms with van der Waals surface area (Å²) in [5.74, 6) is 0.157. The Morgan fingerprint density at radius 1 is 1.18 bits per heavy atom. The minimum absolute atomic E-state index is 0.231. The second kappa shape index (κ2) is 5.82. The van der Waals surface area contributed by atoms with Crippen molar-refractivity contribution in [2.24, 2.45) is 0 Å². The number of halogens is 2. The first-order chi connectivity index (χ1) is 10.6. The molecule has 0 saturated heterocycles. The number of benzene rings is 1.